The number of likely N-dealkylation sites (N-methyl/N-ethyl adjacent to an activating group) is 1. The summed E-state index contributed by atoms with van der Waals surface area (Å²) in [5, 5.41) is 9.77. The van der Waals surface area contributed by atoms with Gasteiger partial charge < -0.3 is 5.11 Å². The zero-order valence-electron chi connectivity index (χ0n) is 10.5. The monoisotopic (exact) mass is 269 g/mol. The molecule has 100 valence electrons. The molecule has 1 fully saturated rings. The van der Waals surface area contributed by atoms with Crippen molar-refractivity contribution in [3.05, 3.63) is 35.9 Å². The van der Waals surface area contributed by atoms with Gasteiger partial charge in [0.1, 0.15) is 0 Å². The van der Waals surface area contributed by atoms with Gasteiger partial charge in [-0.1, -0.05) is 30.3 Å². The summed E-state index contributed by atoms with van der Waals surface area (Å²) >= 11 is 0. The lowest BCUT2D eigenvalue weighted by molar-refractivity contribution is 0.100. The number of aliphatic hydroxyl groups is 1. The molecule has 1 aliphatic rings. The highest BCUT2D eigenvalue weighted by Gasteiger charge is 2.38. The van der Waals surface area contributed by atoms with E-state index in [4.69, 9.17) is 0 Å². The van der Waals surface area contributed by atoms with Gasteiger partial charge in [0.15, 0.2) is 9.84 Å². The van der Waals surface area contributed by atoms with E-state index in [0.29, 0.717) is 0 Å². The average molecular weight is 269 g/mol. The fourth-order valence-electron chi connectivity index (χ4n) is 2.35. The molecule has 0 amide bonds. The van der Waals surface area contributed by atoms with Crippen LogP contribution in [0.5, 0.6) is 0 Å². The van der Waals surface area contributed by atoms with E-state index < -0.39 is 15.9 Å². The maximum Gasteiger partial charge on any atom is 0.154 e. The SMILES string of the molecule is CN(CCc1ccccc1)C1CS(=O)(=O)CC1O. The van der Waals surface area contributed by atoms with Gasteiger partial charge in [-0.3, -0.25) is 4.90 Å². The summed E-state index contributed by atoms with van der Waals surface area (Å²) in [6, 6.07) is 9.79. The third-order valence-corrected chi connectivity index (χ3v) is 5.15. The highest BCUT2D eigenvalue weighted by atomic mass is 32.2. The second-order valence-corrected chi connectivity index (χ2v) is 7.08. The third-order valence-electron chi connectivity index (χ3n) is 3.46. The van der Waals surface area contributed by atoms with E-state index in [2.05, 4.69) is 12.1 Å². The molecule has 2 rings (SSSR count). The molecular formula is C13H19NO3S. The maximum atomic E-state index is 11.4. The molecular weight excluding hydrogens is 250 g/mol. The van der Waals surface area contributed by atoms with E-state index in [1.165, 1.54) is 5.56 Å². The van der Waals surface area contributed by atoms with Gasteiger partial charge in [0.05, 0.1) is 23.7 Å². The molecule has 0 aliphatic carbocycles. The van der Waals surface area contributed by atoms with Gasteiger partial charge in [0, 0.05) is 6.54 Å². The van der Waals surface area contributed by atoms with Crippen molar-refractivity contribution >= 4 is 9.84 Å². The van der Waals surface area contributed by atoms with Gasteiger partial charge in [-0.25, -0.2) is 8.42 Å². The van der Waals surface area contributed by atoms with Crippen LogP contribution in [0.25, 0.3) is 0 Å². The van der Waals surface area contributed by atoms with Crippen molar-refractivity contribution in [1.82, 2.24) is 4.90 Å². The van der Waals surface area contributed by atoms with Crippen LogP contribution in [-0.2, 0) is 16.3 Å². The predicted octanol–water partition coefficient (Wildman–Crippen LogP) is 0.319. The van der Waals surface area contributed by atoms with Gasteiger partial charge in [0.25, 0.3) is 0 Å². The second kappa shape index (κ2) is 5.38. The number of aliphatic hydroxyl groups excluding tert-OH is 1. The lowest BCUT2D eigenvalue weighted by Gasteiger charge is -2.25. The largest absolute Gasteiger partial charge is 0.390 e. The van der Waals surface area contributed by atoms with E-state index in [-0.39, 0.29) is 17.5 Å². The highest BCUT2D eigenvalue weighted by molar-refractivity contribution is 7.91. The summed E-state index contributed by atoms with van der Waals surface area (Å²) in [4.78, 5) is 1.95. The van der Waals surface area contributed by atoms with E-state index in [1.54, 1.807) is 0 Å². The first-order valence-corrected chi connectivity index (χ1v) is 7.93. The van der Waals surface area contributed by atoms with Crippen molar-refractivity contribution in [3.8, 4) is 0 Å². The number of nitrogens with zero attached hydrogens (tertiary/aromatic N) is 1. The first-order valence-electron chi connectivity index (χ1n) is 6.10. The van der Waals surface area contributed by atoms with E-state index in [9.17, 15) is 13.5 Å². The number of hydrogen-bond acceptors (Lipinski definition) is 4. The minimum absolute atomic E-state index is 0.0689. The van der Waals surface area contributed by atoms with Crippen LogP contribution in [0.3, 0.4) is 0 Å². The number of rotatable bonds is 4. The summed E-state index contributed by atoms with van der Waals surface area (Å²) in [6.45, 7) is 0.751. The van der Waals surface area contributed by atoms with Crippen LogP contribution in [0.4, 0.5) is 0 Å². The van der Waals surface area contributed by atoms with Crippen molar-refractivity contribution in [2.24, 2.45) is 0 Å². The topological polar surface area (TPSA) is 57.6 Å². The Bertz CT molecular complexity index is 486. The Morgan fingerprint density at radius 3 is 2.50 bits per heavy atom. The number of sulfone groups is 1. The Balaban J connectivity index is 1.91. The Morgan fingerprint density at radius 2 is 1.94 bits per heavy atom. The van der Waals surface area contributed by atoms with Crippen molar-refractivity contribution in [3.63, 3.8) is 0 Å². The lowest BCUT2D eigenvalue weighted by atomic mass is 10.1. The summed E-state index contributed by atoms with van der Waals surface area (Å²) in [6.07, 6.45) is 0.108. The van der Waals surface area contributed by atoms with Gasteiger partial charge in [-0.2, -0.15) is 0 Å². The zero-order chi connectivity index (χ0) is 13.2. The van der Waals surface area contributed by atoms with E-state index >= 15 is 0 Å². The van der Waals surface area contributed by atoms with Crippen molar-refractivity contribution < 1.29 is 13.5 Å². The molecule has 0 aromatic heterocycles. The zero-order valence-corrected chi connectivity index (χ0v) is 11.3. The molecule has 5 heteroatoms. The molecule has 1 aliphatic heterocycles. The Morgan fingerprint density at radius 1 is 1.28 bits per heavy atom. The molecule has 1 saturated heterocycles. The molecule has 1 heterocycles. The molecule has 2 unspecified atom stereocenters. The molecule has 1 aromatic rings. The molecule has 0 radical (unpaired) electrons. The summed E-state index contributed by atoms with van der Waals surface area (Å²) in [5.74, 6) is -0.0349. The van der Waals surface area contributed by atoms with Gasteiger partial charge in [0.2, 0.25) is 0 Å². The molecule has 1 aromatic carbocycles. The second-order valence-electron chi connectivity index (χ2n) is 4.93. The predicted molar refractivity (Wildman–Crippen MR) is 71.2 cm³/mol. The Labute approximate surface area is 108 Å². The van der Waals surface area contributed by atoms with Gasteiger partial charge >= 0.3 is 0 Å². The maximum absolute atomic E-state index is 11.4. The van der Waals surface area contributed by atoms with Crippen LogP contribution in [0.15, 0.2) is 30.3 Å². The van der Waals surface area contributed by atoms with Crippen LogP contribution >= 0.6 is 0 Å². The first-order chi connectivity index (χ1) is 8.48. The van der Waals surface area contributed by atoms with Crippen LogP contribution in [0, 0.1) is 0 Å². The van der Waals surface area contributed by atoms with Crippen molar-refractivity contribution in [2.75, 3.05) is 25.1 Å². The van der Waals surface area contributed by atoms with Gasteiger partial charge in [-0.05, 0) is 19.0 Å². The van der Waals surface area contributed by atoms with Crippen molar-refractivity contribution in [2.45, 2.75) is 18.6 Å². The van der Waals surface area contributed by atoms with Crippen LogP contribution in [0.1, 0.15) is 5.56 Å². The minimum atomic E-state index is -3.06. The van der Waals surface area contributed by atoms with E-state index in [1.807, 2.05) is 30.1 Å². The Kier molecular flexibility index (Phi) is 4.04. The van der Waals surface area contributed by atoms with Gasteiger partial charge in [-0.15, -0.1) is 0 Å². The van der Waals surface area contributed by atoms with Crippen LogP contribution in [0.2, 0.25) is 0 Å². The highest BCUT2D eigenvalue weighted by Crippen LogP contribution is 2.17. The number of hydrogen-bond donors (Lipinski definition) is 1. The fourth-order valence-corrected chi connectivity index (χ4v) is 4.22. The molecule has 18 heavy (non-hydrogen) atoms. The molecule has 0 saturated carbocycles. The summed E-state index contributed by atoms with van der Waals surface area (Å²) < 4.78 is 22.9. The Hall–Kier alpha value is -0.910. The smallest absolute Gasteiger partial charge is 0.154 e. The molecule has 0 spiro atoms. The lowest BCUT2D eigenvalue weighted by Crippen LogP contribution is -2.41. The van der Waals surface area contributed by atoms with Crippen molar-refractivity contribution in [1.29, 1.82) is 0 Å². The summed E-state index contributed by atoms with van der Waals surface area (Å²) in [5.41, 5.74) is 1.22. The third kappa shape index (κ3) is 3.31. The molecule has 1 N–H and O–H groups in total. The quantitative estimate of drug-likeness (QED) is 0.855. The van der Waals surface area contributed by atoms with E-state index in [0.717, 1.165) is 13.0 Å². The summed E-state index contributed by atoms with van der Waals surface area (Å²) in [7, 11) is -1.19. The standard InChI is InChI=1S/C13H19NO3S/c1-14(8-7-11-5-3-2-4-6-11)12-9-18(16,17)10-13(12)15/h2-6,12-13,15H,7-10H2,1H3. The fraction of sp³-hybridized carbons (Fsp3) is 0.538. The minimum Gasteiger partial charge on any atom is -0.390 e. The van der Waals surface area contributed by atoms with Crippen LogP contribution < -0.4 is 0 Å². The first kappa shape index (κ1) is 13.5. The molecule has 4 nitrogen and oxygen atoms in total. The normalized spacial score (nSPS) is 26.6. The average Bonchev–Trinajstić information content (AvgIpc) is 2.61. The molecule has 2 atom stereocenters. The molecule has 0 bridgehead atoms. The van der Waals surface area contributed by atoms with Crippen LogP contribution in [-0.4, -0.2) is 55.7 Å². The number of benzene rings is 1.